The largest absolute Gasteiger partial charge is 0.493 e. The molecule has 6 nitrogen and oxygen atoms in total. The van der Waals surface area contributed by atoms with Crippen LogP contribution in [0.15, 0.2) is 41.2 Å². The van der Waals surface area contributed by atoms with Gasteiger partial charge < -0.3 is 14.4 Å². The van der Waals surface area contributed by atoms with Crippen LogP contribution in [0.2, 0.25) is 0 Å². The monoisotopic (exact) mass is 339 g/mol. The highest BCUT2D eigenvalue weighted by atomic mass is 16.5. The Bertz CT molecular complexity index is 949. The number of H-pyrrole nitrogens is 1. The molecule has 1 heterocycles. The molecular formula is C19H21N3O3. The third kappa shape index (κ3) is 3.42. The topological polar surface area (TPSA) is 67.5 Å². The quantitative estimate of drug-likeness (QED) is 0.774. The first-order valence-electron chi connectivity index (χ1n) is 7.94. The fourth-order valence-electron chi connectivity index (χ4n) is 2.68. The van der Waals surface area contributed by atoms with Gasteiger partial charge in [-0.05, 0) is 18.6 Å². The number of aromatic nitrogens is 2. The fraction of sp³-hybridized carbons (Fsp3) is 0.263. The third-order valence-corrected chi connectivity index (χ3v) is 4.10. The van der Waals surface area contributed by atoms with Crippen molar-refractivity contribution in [1.29, 1.82) is 0 Å². The van der Waals surface area contributed by atoms with Crippen LogP contribution >= 0.6 is 0 Å². The van der Waals surface area contributed by atoms with E-state index in [4.69, 9.17) is 9.47 Å². The summed E-state index contributed by atoms with van der Waals surface area (Å²) in [5.74, 6) is 1.55. The summed E-state index contributed by atoms with van der Waals surface area (Å²) >= 11 is 0. The highest BCUT2D eigenvalue weighted by molar-refractivity contribution is 5.82. The number of hydrogen-bond donors (Lipinski definition) is 1. The zero-order valence-corrected chi connectivity index (χ0v) is 14.8. The first kappa shape index (κ1) is 16.8. The van der Waals surface area contributed by atoms with Gasteiger partial charge in [0.05, 0.1) is 25.1 Å². The summed E-state index contributed by atoms with van der Waals surface area (Å²) in [6.07, 6.45) is 0. The van der Waals surface area contributed by atoms with Crippen LogP contribution in [-0.4, -0.2) is 31.2 Å². The highest BCUT2D eigenvalue weighted by Crippen LogP contribution is 2.30. The number of rotatable bonds is 5. The molecule has 0 atom stereocenters. The molecule has 0 aliphatic rings. The molecule has 1 aromatic heterocycles. The highest BCUT2D eigenvalue weighted by Gasteiger charge is 2.13. The maximum Gasteiger partial charge on any atom is 0.260 e. The van der Waals surface area contributed by atoms with Gasteiger partial charge in [0, 0.05) is 19.7 Å². The van der Waals surface area contributed by atoms with Gasteiger partial charge in [0.25, 0.3) is 5.56 Å². The number of aryl methyl sites for hydroxylation is 1. The molecule has 0 bridgehead atoms. The van der Waals surface area contributed by atoms with Crippen molar-refractivity contribution >= 4 is 16.9 Å². The molecule has 6 heteroatoms. The minimum Gasteiger partial charge on any atom is -0.493 e. The number of fused-ring (bicyclic) bond motifs is 1. The van der Waals surface area contributed by atoms with E-state index in [1.54, 1.807) is 19.2 Å². The summed E-state index contributed by atoms with van der Waals surface area (Å²) in [7, 11) is 4.99. The van der Waals surface area contributed by atoms with Crippen LogP contribution in [0.5, 0.6) is 11.5 Å². The van der Waals surface area contributed by atoms with Crippen LogP contribution < -0.4 is 19.9 Å². The average Bonchev–Trinajstić information content (AvgIpc) is 2.62. The summed E-state index contributed by atoms with van der Waals surface area (Å²) in [5, 5.41) is 0.463. The average molecular weight is 339 g/mol. The molecule has 3 aromatic rings. The van der Waals surface area contributed by atoms with Crippen molar-refractivity contribution in [2.75, 3.05) is 26.2 Å². The van der Waals surface area contributed by atoms with Gasteiger partial charge in [-0.3, -0.25) is 9.78 Å². The molecule has 0 fully saturated rings. The Morgan fingerprint density at radius 1 is 1.08 bits per heavy atom. The predicted octanol–water partition coefficient (Wildman–Crippen LogP) is 2.89. The van der Waals surface area contributed by atoms with E-state index >= 15 is 0 Å². The lowest BCUT2D eigenvalue weighted by Gasteiger charge is -2.18. The molecule has 130 valence electrons. The Balaban J connectivity index is 1.99. The van der Waals surface area contributed by atoms with E-state index in [9.17, 15) is 4.79 Å². The van der Waals surface area contributed by atoms with Crippen LogP contribution in [0.25, 0.3) is 10.9 Å². The number of hydrogen-bond acceptors (Lipinski definition) is 5. The molecule has 0 unspecified atom stereocenters. The lowest BCUT2D eigenvalue weighted by molar-refractivity contribution is 0.355. The van der Waals surface area contributed by atoms with E-state index in [2.05, 4.69) is 41.2 Å². The Labute approximate surface area is 146 Å². The Kier molecular flexibility index (Phi) is 4.61. The third-order valence-electron chi connectivity index (χ3n) is 4.10. The van der Waals surface area contributed by atoms with Crippen LogP contribution in [0.4, 0.5) is 5.95 Å². The van der Waals surface area contributed by atoms with E-state index in [0.29, 0.717) is 34.9 Å². The van der Waals surface area contributed by atoms with E-state index < -0.39 is 0 Å². The number of anilines is 1. The minimum atomic E-state index is -0.211. The van der Waals surface area contributed by atoms with Gasteiger partial charge in [0.1, 0.15) is 0 Å². The van der Waals surface area contributed by atoms with Gasteiger partial charge in [-0.1, -0.05) is 29.8 Å². The maximum atomic E-state index is 12.5. The number of nitrogens with zero attached hydrogens (tertiary/aromatic N) is 2. The zero-order valence-electron chi connectivity index (χ0n) is 14.8. The number of benzene rings is 2. The second kappa shape index (κ2) is 6.84. The maximum absolute atomic E-state index is 12.5. The molecule has 1 N–H and O–H groups in total. The van der Waals surface area contributed by atoms with E-state index in [-0.39, 0.29) is 5.56 Å². The Morgan fingerprint density at radius 3 is 2.36 bits per heavy atom. The Morgan fingerprint density at radius 2 is 1.72 bits per heavy atom. The van der Waals surface area contributed by atoms with Gasteiger partial charge >= 0.3 is 0 Å². The zero-order chi connectivity index (χ0) is 18.0. The molecule has 25 heavy (non-hydrogen) atoms. The molecule has 2 aromatic carbocycles. The summed E-state index contributed by atoms with van der Waals surface area (Å²) in [6.45, 7) is 2.69. The number of ether oxygens (including phenoxy) is 2. The lowest BCUT2D eigenvalue weighted by atomic mass is 10.1. The van der Waals surface area contributed by atoms with Crippen molar-refractivity contribution in [3.05, 3.63) is 57.9 Å². The van der Waals surface area contributed by atoms with Gasteiger partial charge in [-0.15, -0.1) is 0 Å². The smallest absolute Gasteiger partial charge is 0.260 e. The molecule has 0 saturated heterocycles. The molecule has 0 aliphatic heterocycles. The first-order valence-corrected chi connectivity index (χ1v) is 7.94. The summed E-state index contributed by atoms with van der Waals surface area (Å²) < 4.78 is 10.6. The molecule has 0 radical (unpaired) electrons. The Hall–Kier alpha value is -3.02. The fourth-order valence-corrected chi connectivity index (χ4v) is 2.68. The second-order valence-corrected chi connectivity index (χ2v) is 5.96. The minimum absolute atomic E-state index is 0.211. The van der Waals surface area contributed by atoms with Gasteiger partial charge in [0.2, 0.25) is 5.95 Å². The van der Waals surface area contributed by atoms with Crippen molar-refractivity contribution < 1.29 is 9.47 Å². The number of nitrogens with one attached hydrogen (secondary N) is 1. The van der Waals surface area contributed by atoms with E-state index in [0.717, 1.165) is 5.56 Å². The number of aromatic amines is 1. The molecular weight excluding hydrogens is 318 g/mol. The molecule has 0 aliphatic carbocycles. The van der Waals surface area contributed by atoms with Crippen LogP contribution in [0, 0.1) is 6.92 Å². The van der Waals surface area contributed by atoms with Crippen molar-refractivity contribution in [2.24, 2.45) is 0 Å². The molecule has 0 saturated carbocycles. The molecule has 0 amide bonds. The van der Waals surface area contributed by atoms with E-state index in [1.807, 2.05) is 11.9 Å². The summed E-state index contributed by atoms with van der Waals surface area (Å²) in [4.78, 5) is 21.8. The first-order chi connectivity index (χ1) is 12.0. The normalized spacial score (nSPS) is 10.7. The summed E-state index contributed by atoms with van der Waals surface area (Å²) in [6, 6.07) is 11.6. The van der Waals surface area contributed by atoms with Crippen LogP contribution in [0.1, 0.15) is 11.1 Å². The number of methoxy groups -OCH3 is 2. The standard InChI is InChI=1S/C19H21N3O3/c1-12-5-7-13(8-6-12)11-22(2)19-20-15-10-17(25-4)16(24-3)9-14(15)18(23)21-19/h5-10H,11H2,1-4H3,(H,20,21,23). The van der Waals surface area contributed by atoms with Crippen molar-refractivity contribution in [3.63, 3.8) is 0 Å². The van der Waals surface area contributed by atoms with Crippen LogP contribution in [-0.2, 0) is 6.54 Å². The van der Waals surface area contributed by atoms with Gasteiger partial charge in [-0.25, -0.2) is 4.98 Å². The van der Waals surface area contributed by atoms with Crippen molar-refractivity contribution in [3.8, 4) is 11.5 Å². The van der Waals surface area contributed by atoms with Crippen LogP contribution in [0.3, 0.4) is 0 Å². The van der Waals surface area contributed by atoms with Gasteiger partial charge in [-0.2, -0.15) is 0 Å². The lowest BCUT2D eigenvalue weighted by Crippen LogP contribution is -2.22. The predicted molar refractivity (Wildman–Crippen MR) is 98.8 cm³/mol. The SMILES string of the molecule is COc1cc2nc(N(C)Cc3ccc(C)cc3)[nH]c(=O)c2cc1OC. The molecule has 3 rings (SSSR count). The summed E-state index contributed by atoms with van der Waals surface area (Å²) in [5.41, 5.74) is 2.71. The second-order valence-electron chi connectivity index (χ2n) is 5.96. The van der Waals surface area contributed by atoms with Crippen molar-refractivity contribution in [1.82, 2.24) is 9.97 Å². The van der Waals surface area contributed by atoms with Crippen molar-refractivity contribution in [2.45, 2.75) is 13.5 Å². The molecule has 0 spiro atoms. The van der Waals surface area contributed by atoms with Gasteiger partial charge in [0.15, 0.2) is 11.5 Å². The van der Waals surface area contributed by atoms with E-state index in [1.165, 1.54) is 12.7 Å².